The van der Waals surface area contributed by atoms with Crippen molar-refractivity contribution in [2.75, 3.05) is 25.7 Å². The van der Waals surface area contributed by atoms with Crippen molar-refractivity contribution in [1.82, 2.24) is 4.90 Å². The van der Waals surface area contributed by atoms with Crippen LogP contribution in [0.3, 0.4) is 0 Å². The second-order valence-corrected chi connectivity index (χ2v) is 6.73. The van der Waals surface area contributed by atoms with E-state index >= 15 is 0 Å². The maximum Gasteiger partial charge on any atom is 0.230 e. The maximum atomic E-state index is 13.0. The third-order valence-electron chi connectivity index (χ3n) is 4.22. The maximum absolute atomic E-state index is 13.0. The van der Waals surface area contributed by atoms with E-state index in [0.717, 1.165) is 23.7 Å². The Morgan fingerprint density at radius 1 is 1.46 bits per heavy atom. The minimum atomic E-state index is -0.797. The topological polar surface area (TPSA) is 55.8 Å². The molecular weight excluding hydrogens is 374 g/mol. The van der Waals surface area contributed by atoms with Crippen LogP contribution in [0.25, 0.3) is 0 Å². The smallest absolute Gasteiger partial charge is 0.230 e. The van der Waals surface area contributed by atoms with Gasteiger partial charge in [-0.25, -0.2) is 0 Å². The Morgan fingerprint density at radius 2 is 2.21 bits per heavy atom. The Bertz CT molecular complexity index is 525. The van der Waals surface area contributed by atoms with Crippen LogP contribution in [0.15, 0.2) is 30.3 Å². The predicted octanol–water partition coefficient (Wildman–Crippen LogP) is 2.42. The highest BCUT2D eigenvalue weighted by Gasteiger charge is 2.40. The monoisotopic (exact) mass is 397 g/mol. The van der Waals surface area contributed by atoms with Gasteiger partial charge in [-0.3, -0.25) is 9.59 Å². The first-order valence-electron chi connectivity index (χ1n) is 8.19. The minimum absolute atomic E-state index is 0.0617. The zero-order valence-corrected chi connectivity index (χ0v) is 15.5. The standard InChI is InChI=1S/C18H24BrNO4/c1-23-12-15(8-5-9-19)18(22)20-16(13-24-17(20)11-21)10-14-6-3-2-4-7-14/h2-4,6-7,11,15-17H,5,8-10,12-13H2,1H3. The first kappa shape index (κ1) is 19.1. The molecule has 5 nitrogen and oxygen atoms in total. The molecule has 1 aliphatic heterocycles. The highest BCUT2D eigenvalue weighted by Crippen LogP contribution is 2.24. The fourth-order valence-electron chi connectivity index (χ4n) is 3.05. The van der Waals surface area contributed by atoms with Gasteiger partial charge in [0.05, 0.1) is 25.2 Å². The van der Waals surface area contributed by atoms with E-state index in [-0.39, 0.29) is 17.9 Å². The Kier molecular flexibility index (Phi) is 7.88. The molecule has 2 rings (SSSR count). The fourth-order valence-corrected chi connectivity index (χ4v) is 3.37. The minimum Gasteiger partial charge on any atom is -0.384 e. The molecule has 0 spiro atoms. The summed E-state index contributed by atoms with van der Waals surface area (Å²) in [5, 5.41) is 0.835. The van der Waals surface area contributed by atoms with E-state index in [1.807, 2.05) is 30.3 Å². The van der Waals surface area contributed by atoms with Crippen LogP contribution < -0.4 is 0 Å². The molecule has 0 N–H and O–H groups in total. The van der Waals surface area contributed by atoms with E-state index in [1.54, 1.807) is 12.0 Å². The predicted molar refractivity (Wildman–Crippen MR) is 95.0 cm³/mol. The van der Waals surface area contributed by atoms with Gasteiger partial charge < -0.3 is 14.4 Å². The lowest BCUT2D eigenvalue weighted by atomic mass is 10.00. The lowest BCUT2D eigenvalue weighted by molar-refractivity contribution is -0.147. The molecule has 0 saturated carbocycles. The van der Waals surface area contributed by atoms with Crippen LogP contribution in [0.2, 0.25) is 0 Å². The number of aldehydes is 1. The van der Waals surface area contributed by atoms with Crippen molar-refractivity contribution in [2.24, 2.45) is 5.92 Å². The van der Waals surface area contributed by atoms with Gasteiger partial charge in [-0.1, -0.05) is 46.3 Å². The summed E-state index contributed by atoms with van der Waals surface area (Å²) in [6.45, 7) is 0.730. The van der Waals surface area contributed by atoms with E-state index in [9.17, 15) is 9.59 Å². The van der Waals surface area contributed by atoms with Gasteiger partial charge in [0.25, 0.3) is 0 Å². The molecule has 24 heavy (non-hydrogen) atoms. The zero-order chi connectivity index (χ0) is 17.4. The summed E-state index contributed by atoms with van der Waals surface area (Å²) in [7, 11) is 1.59. The lowest BCUT2D eigenvalue weighted by Crippen LogP contribution is -2.47. The molecule has 1 amide bonds. The van der Waals surface area contributed by atoms with Gasteiger partial charge in [0.1, 0.15) is 0 Å². The summed E-state index contributed by atoms with van der Waals surface area (Å²) in [4.78, 5) is 26.0. The van der Waals surface area contributed by atoms with Gasteiger partial charge in [-0.2, -0.15) is 0 Å². The van der Waals surface area contributed by atoms with Gasteiger partial charge in [0.2, 0.25) is 5.91 Å². The molecular formula is C18H24BrNO4. The van der Waals surface area contributed by atoms with Crippen molar-refractivity contribution in [3.8, 4) is 0 Å². The highest BCUT2D eigenvalue weighted by molar-refractivity contribution is 9.09. The molecule has 6 heteroatoms. The number of hydrogen-bond acceptors (Lipinski definition) is 4. The van der Waals surface area contributed by atoms with Gasteiger partial charge in [-0.15, -0.1) is 0 Å². The average Bonchev–Trinajstić information content (AvgIpc) is 3.01. The third kappa shape index (κ3) is 4.88. The summed E-state index contributed by atoms with van der Waals surface area (Å²) in [6, 6.07) is 9.82. The van der Waals surface area contributed by atoms with Crippen molar-refractivity contribution in [1.29, 1.82) is 0 Å². The van der Waals surface area contributed by atoms with Crippen LogP contribution in [0, 0.1) is 5.92 Å². The Balaban J connectivity index is 2.13. The number of benzene rings is 1. The van der Waals surface area contributed by atoms with Crippen LogP contribution in [0.5, 0.6) is 0 Å². The second-order valence-electron chi connectivity index (χ2n) is 5.93. The second kappa shape index (κ2) is 9.91. The molecule has 0 aliphatic carbocycles. The molecule has 1 heterocycles. The molecule has 1 saturated heterocycles. The van der Waals surface area contributed by atoms with E-state index in [4.69, 9.17) is 9.47 Å². The van der Waals surface area contributed by atoms with Crippen molar-refractivity contribution in [2.45, 2.75) is 31.5 Å². The molecule has 1 aromatic carbocycles. The van der Waals surface area contributed by atoms with E-state index in [2.05, 4.69) is 15.9 Å². The Hall–Kier alpha value is -1.24. The molecule has 1 fully saturated rings. The number of ether oxygens (including phenoxy) is 2. The average molecular weight is 398 g/mol. The summed E-state index contributed by atoms with van der Waals surface area (Å²) in [5.74, 6) is -0.316. The number of hydrogen-bond donors (Lipinski definition) is 0. The number of carbonyl (C=O) groups is 2. The molecule has 0 radical (unpaired) electrons. The van der Waals surface area contributed by atoms with Gasteiger partial charge in [0.15, 0.2) is 12.5 Å². The number of amides is 1. The number of halogens is 1. The lowest BCUT2D eigenvalue weighted by Gasteiger charge is -2.29. The third-order valence-corrected chi connectivity index (χ3v) is 4.78. The van der Waals surface area contributed by atoms with E-state index < -0.39 is 6.23 Å². The molecule has 0 aromatic heterocycles. The van der Waals surface area contributed by atoms with Crippen LogP contribution in [-0.4, -0.2) is 55.0 Å². The number of alkyl halides is 1. The Morgan fingerprint density at radius 3 is 2.83 bits per heavy atom. The van der Waals surface area contributed by atoms with Crippen molar-refractivity contribution >= 4 is 28.1 Å². The van der Waals surface area contributed by atoms with Gasteiger partial charge in [-0.05, 0) is 24.8 Å². The van der Waals surface area contributed by atoms with E-state index in [0.29, 0.717) is 25.9 Å². The van der Waals surface area contributed by atoms with Gasteiger partial charge >= 0.3 is 0 Å². The normalized spacial score (nSPS) is 21.7. The number of rotatable bonds is 9. The van der Waals surface area contributed by atoms with Crippen LogP contribution in [-0.2, 0) is 25.5 Å². The quantitative estimate of drug-likeness (QED) is 0.474. The van der Waals surface area contributed by atoms with Crippen molar-refractivity contribution in [3.05, 3.63) is 35.9 Å². The zero-order valence-electron chi connectivity index (χ0n) is 13.9. The fraction of sp³-hybridized carbons (Fsp3) is 0.556. The first-order chi connectivity index (χ1) is 11.7. The van der Waals surface area contributed by atoms with Gasteiger partial charge in [0, 0.05) is 12.4 Å². The van der Waals surface area contributed by atoms with Crippen molar-refractivity contribution in [3.63, 3.8) is 0 Å². The molecule has 1 aromatic rings. The number of nitrogens with zero attached hydrogens (tertiary/aromatic N) is 1. The first-order valence-corrected chi connectivity index (χ1v) is 9.31. The SMILES string of the molecule is COCC(CCCBr)C(=O)N1C(Cc2ccccc2)COC1C=O. The summed E-state index contributed by atoms with van der Waals surface area (Å²) < 4.78 is 10.8. The van der Waals surface area contributed by atoms with Crippen LogP contribution in [0.1, 0.15) is 18.4 Å². The molecule has 1 aliphatic rings. The Labute approximate surface area is 151 Å². The van der Waals surface area contributed by atoms with Crippen LogP contribution >= 0.6 is 15.9 Å². The number of methoxy groups -OCH3 is 1. The summed E-state index contributed by atoms with van der Waals surface area (Å²) in [5.41, 5.74) is 1.12. The summed E-state index contributed by atoms with van der Waals surface area (Å²) in [6.07, 6.45) is 2.18. The molecule has 0 bridgehead atoms. The molecule has 132 valence electrons. The van der Waals surface area contributed by atoms with E-state index in [1.165, 1.54) is 0 Å². The molecule has 3 atom stereocenters. The largest absolute Gasteiger partial charge is 0.384 e. The van der Waals surface area contributed by atoms with Crippen molar-refractivity contribution < 1.29 is 19.1 Å². The highest BCUT2D eigenvalue weighted by atomic mass is 79.9. The summed E-state index contributed by atoms with van der Waals surface area (Å²) >= 11 is 3.40. The molecule has 3 unspecified atom stereocenters. The van der Waals surface area contributed by atoms with Crippen LogP contribution in [0.4, 0.5) is 0 Å². The number of carbonyl (C=O) groups excluding carboxylic acids is 2.